The number of fused-ring (bicyclic) bond motifs is 1. The summed E-state index contributed by atoms with van der Waals surface area (Å²) in [5, 5.41) is 3.77. The Kier molecular flexibility index (Phi) is 5.73. The van der Waals surface area contributed by atoms with Gasteiger partial charge in [0.15, 0.2) is 11.6 Å². The summed E-state index contributed by atoms with van der Waals surface area (Å²) in [6.45, 7) is 1.92. The monoisotopic (exact) mass is 438 g/mol. The molecular weight excluding hydrogens is 419 g/mol. The first-order chi connectivity index (χ1) is 15.0. The summed E-state index contributed by atoms with van der Waals surface area (Å²) in [6.07, 6.45) is 0. The Morgan fingerprint density at radius 1 is 1.13 bits per heavy atom. The van der Waals surface area contributed by atoms with Gasteiger partial charge in [0.05, 0.1) is 25.1 Å². The molecule has 2 aromatic heterocycles. The van der Waals surface area contributed by atoms with Gasteiger partial charge in [0.2, 0.25) is 0 Å². The minimum atomic E-state index is -0.536. The molecule has 0 aliphatic carbocycles. The van der Waals surface area contributed by atoms with E-state index < -0.39 is 11.8 Å². The van der Waals surface area contributed by atoms with E-state index in [0.29, 0.717) is 32.2 Å². The third-order valence-corrected chi connectivity index (χ3v) is 5.81. The molecule has 158 valence electrons. The molecule has 0 unspecified atom stereocenters. The summed E-state index contributed by atoms with van der Waals surface area (Å²) in [4.78, 5) is 26.3. The number of methoxy groups -OCH3 is 1. The fourth-order valence-electron chi connectivity index (χ4n) is 3.26. The van der Waals surface area contributed by atoms with Gasteiger partial charge in [0, 0.05) is 23.2 Å². The number of nitrogens with zero attached hydrogens (tertiary/aromatic N) is 1. The van der Waals surface area contributed by atoms with Gasteiger partial charge < -0.3 is 14.8 Å². The Labute approximate surface area is 181 Å². The van der Waals surface area contributed by atoms with Gasteiger partial charge >= 0.3 is 5.97 Å². The number of hydrogen-bond acceptors (Lipinski definition) is 6. The minimum absolute atomic E-state index is 0.115. The number of pyridine rings is 1. The summed E-state index contributed by atoms with van der Waals surface area (Å²) in [7, 11) is 1.39. The number of halogens is 1. The van der Waals surface area contributed by atoms with Crippen LogP contribution in [-0.2, 0) is 4.74 Å². The van der Waals surface area contributed by atoms with E-state index in [-0.39, 0.29) is 17.9 Å². The van der Waals surface area contributed by atoms with Crippen molar-refractivity contribution in [2.75, 3.05) is 19.0 Å². The van der Waals surface area contributed by atoms with Gasteiger partial charge in [-0.3, -0.25) is 9.36 Å². The SMILES string of the molecule is CCOC(=O)c1sc2c(ccc(=O)n2-c2ccccc2)c1Nc1ccc(OC)c(F)c1. The molecule has 0 aliphatic heterocycles. The first kappa shape index (κ1) is 20.6. The number of nitrogens with one attached hydrogen (secondary N) is 1. The fraction of sp³-hybridized carbons (Fsp3) is 0.130. The third-order valence-electron chi connectivity index (χ3n) is 4.64. The molecule has 4 rings (SSSR count). The van der Waals surface area contributed by atoms with E-state index in [1.165, 1.54) is 25.3 Å². The smallest absolute Gasteiger partial charge is 0.350 e. The van der Waals surface area contributed by atoms with Crippen LogP contribution in [0.1, 0.15) is 16.6 Å². The van der Waals surface area contributed by atoms with Crippen LogP contribution in [0, 0.1) is 5.82 Å². The van der Waals surface area contributed by atoms with Crippen LogP contribution in [0.4, 0.5) is 15.8 Å². The highest BCUT2D eigenvalue weighted by Crippen LogP contribution is 2.38. The molecule has 0 saturated heterocycles. The normalized spacial score (nSPS) is 10.8. The Balaban J connectivity index is 1.92. The highest BCUT2D eigenvalue weighted by Gasteiger charge is 2.23. The fourth-order valence-corrected chi connectivity index (χ4v) is 4.42. The quantitative estimate of drug-likeness (QED) is 0.423. The Morgan fingerprint density at radius 3 is 2.58 bits per heavy atom. The number of benzene rings is 2. The van der Waals surface area contributed by atoms with E-state index in [1.54, 1.807) is 23.6 Å². The molecule has 0 amide bonds. The van der Waals surface area contributed by atoms with Crippen LogP contribution in [-0.4, -0.2) is 24.3 Å². The first-order valence-electron chi connectivity index (χ1n) is 9.55. The van der Waals surface area contributed by atoms with Crippen LogP contribution in [0.3, 0.4) is 0 Å². The second kappa shape index (κ2) is 8.61. The second-order valence-electron chi connectivity index (χ2n) is 6.56. The number of rotatable bonds is 6. The van der Waals surface area contributed by atoms with Crippen molar-refractivity contribution in [1.82, 2.24) is 4.57 Å². The van der Waals surface area contributed by atoms with Crippen molar-refractivity contribution in [1.29, 1.82) is 0 Å². The average molecular weight is 438 g/mol. The predicted molar refractivity (Wildman–Crippen MR) is 120 cm³/mol. The largest absolute Gasteiger partial charge is 0.494 e. The molecule has 0 radical (unpaired) electrons. The van der Waals surface area contributed by atoms with Gasteiger partial charge in [-0.2, -0.15) is 0 Å². The number of esters is 1. The van der Waals surface area contributed by atoms with Gasteiger partial charge in [-0.1, -0.05) is 18.2 Å². The zero-order valence-electron chi connectivity index (χ0n) is 16.8. The number of hydrogen-bond donors (Lipinski definition) is 1. The van der Waals surface area contributed by atoms with Gasteiger partial charge in [0.25, 0.3) is 5.56 Å². The van der Waals surface area contributed by atoms with Crippen molar-refractivity contribution in [2.45, 2.75) is 6.92 Å². The third kappa shape index (κ3) is 3.89. The molecule has 0 spiro atoms. The zero-order chi connectivity index (χ0) is 22.0. The predicted octanol–water partition coefficient (Wildman–Crippen LogP) is 5.12. The van der Waals surface area contributed by atoms with Crippen LogP contribution in [0.25, 0.3) is 15.9 Å². The van der Waals surface area contributed by atoms with Crippen LogP contribution < -0.4 is 15.6 Å². The number of carbonyl (C=O) groups is 1. The number of aromatic nitrogens is 1. The van der Waals surface area contributed by atoms with Crippen LogP contribution in [0.15, 0.2) is 65.5 Å². The van der Waals surface area contributed by atoms with Crippen molar-refractivity contribution < 1.29 is 18.7 Å². The summed E-state index contributed by atoms with van der Waals surface area (Å²) in [6, 6.07) is 16.7. The van der Waals surface area contributed by atoms with Crippen molar-refractivity contribution in [3.63, 3.8) is 0 Å². The molecule has 31 heavy (non-hydrogen) atoms. The Bertz CT molecular complexity index is 1310. The second-order valence-corrected chi connectivity index (χ2v) is 7.56. The van der Waals surface area contributed by atoms with E-state index in [1.807, 2.05) is 30.3 Å². The lowest BCUT2D eigenvalue weighted by Gasteiger charge is -2.10. The van der Waals surface area contributed by atoms with E-state index in [4.69, 9.17) is 9.47 Å². The summed E-state index contributed by atoms with van der Waals surface area (Å²) >= 11 is 1.15. The molecule has 0 saturated carbocycles. The summed E-state index contributed by atoms with van der Waals surface area (Å²) in [5.74, 6) is -0.942. The van der Waals surface area contributed by atoms with Crippen molar-refractivity contribution in [2.24, 2.45) is 0 Å². The molecular formula is C23H19FN2O4S. The Morgan fingerprint density at radius 2 is 1.90 bits per heavy atom. The number of anilines is 2. The van der Waals surface area contributed by atoms with Gasteiger partial charge in [-0.15, -0.1) is 11.3 Å². The van der Waals surface area contributed by atoms with Crippen LogP contribution >= 0.6 is 11.3 Å². The maximum absolute atomic E-state index is 14.2. The molecule has 1 N–H and O–H groups in total. The van der Waals surface area contributed by atoms with Crippen molar-refractivity contribution >= 4 is 38.9 Å². The van der Waals surface area contributed by atoms with Crippen LogP contribution in [0.5, 0.6) is 5.75 Å². The lowest BCUT2D eigenvalue weighted by atomic mass is 10.2. The highest BCUT2D eigenvalue weighted by atomic mass is 32.1. The van der Waals surface area contributed by atoms with E-state index in [2.05, 4.69) is 5.32 Å². The molecule has 8 heteroatoms. The van der Waals surface area contributed by atoms with Crippen molar-refractivity contribution in [3.8, 4) is 11.4 Å². The molecule has 2 heterocycles. The topological polar surface area (TPSA) is 69.6 Å². The number of thiophene rings is 1. The van der Waals surface area contributed by atoms with E-state index >= 15 is 0 Å². The lowest BCUT2D eigenvalue weighted by Crippen LogP contribution is -2.16. The van der Waals surface area contributed by atoms with E-state index in [9.17, 15) is 14.0 Å². The van der Waals surface area contributed by atoms with Gasteiger partial charge in [-0.05, 0) is 37.3 Å². The van der Waals surface area contributed by atoms with Crippen molar-refractivity contribution in [3.05, 3.63) is 81.7 Å². The molecule has 4 aromatic rings. The number of ether oxygens (including phenoxy) is 2. The summed E-state index contributed by atoms with van der Waals surface area (Å²) in [5.41, 5.74) is 1.34. The maximum Gasteiger partial charge on any atom is 0.350 e. The molecule has 2 aromatic carbocycles. The lowest BCUT2D eigenvalue weighted by molar-refractivity contribution is 0.0533. The maximum atomic E-state index is 14.2. The molecule has 0 bridgehead atoms. The first-order valence-corrected chi connectivity index (χ1v) is 10.4. The number of para-hydroxylation sites is 1. The minimum Gasteiger partial charge on any atom is -0.494 e. The average Bonchev–Trinajstić information content (AvgIpc) is 3.13. The number of carbonyl (C=O) groups excluding carboxylic acids is 1. The zero-order valence-corrected chi connectivity index (χ0v) is 17.7. The van der Waals surface area contributed by atoms with Gasteiger partial charge in [0.1, 0.15) is 9.71 Å². The van der Waals surface area contributed by atoms with Gasteiger partial charge in [-0.25, -0.2) is 9.18 Å². The van der Waals surface area contributed by atoms with E-state index in [0.717, 1.165) is 11.3 Å². The van der Waals surface area contributed by atoms with Crippen LogP contribution in [0.2, 0.25) is 0 Å². The summed E-state index contributed by atoms with van der Waals surface area (Å²) < 4.78 is 25.9. The standard InChI is InChI=1S/C23H19FN2O4S/c1-3-30-23(28)21-20(25-14-9-11-18(29-2)17(24)13-14)16-10-12-19(27)26(22(16)31-21)15-7-5-4-6-8-15/h4-13,25H,3H2,1-2H3. The highest BCUT2D eigenvalue weighted by molar-refractivity contribution is 7.21. The molecule has 0 aliphatic rings. The Hall–Kier alpha value is -3.65. The molecule has 6 nitrogen and oxygen atoms in total. The molecule has 0 fully saturated rings. The molecule has 0 atom stereocenters.